The Morgan fingerprint density at radius 2 is 1.59 bits per heavy atom. The molecule has 0 N–H and O–H groups in total. The summed E-state index contributed by atoms with van der Waals surface area (Å²) >= 11 is 1.39. The number of aromatic nitrogens is 1. The Morgan fingerprint density at radius 3 is 2.13 bits per heavy atom. The number of hydroxylamine groups is 2. The molecule has 39 heavy (non-hydrogen) atoms. The molecule has 0 radical (unpaired) electrons. The van der Waals surface area contributed by atoms with Crippen LogP contribution in [0.5, 0.6) is 0 Å². The van der Waals surface area contributed by atoms with Gasteiger partial charge in [0.25, 0.3) is 5.91 Å². The highest BCUT2D eigenvalue weighted by molar-refractivity contribution is 7.13. The molecule has 214 valence electrons. The lowest BCUT2D eigenvalue weighted by atomic mass is 9.90. The zero-order valence-corrected chi connectivity index (χ0v) is 21.2. The molecule has 1 aromatic heterocycles. The van der Waals surface area contributed by atoms with E-state index in [4.69, 9.17) is 4.74 Å². The van der Waals surface area contributed by atoms with Gasteiger partial charge in [0, 0.05) is 30.6 Å². The number of morpholine rings is 1. The van der Waals surface area contributed by atoms with E-state index in [1.165, 1.54) is 11.3 Å². The molecule has 1 aromatic carbocycles. The van der Waals surface area contributed by atoms with Crippen LogP contribution in [0.2, 0.25) is 0 Å². The SMILES string of the molecule is COC(=O)C(F)(F)F.O=C(c1csc(-c2ccccc2)n1)N1CCOC2(CCN(OC(=O)C(F)(F)F)CC2)C1. The van der Waals surface area contributed by atoms with Crippen molar-refractivity contribution in [1.82, 2.24) is 14.9 Å². The van der Waals surface area contributed by atoms with Crippen molar-refractivity contribution in [3.05, 3.63) is 41.4 Å². The van der Waals surface area contributed by atoms with Crippen molar-refractivity contribution in [2.24, 2.45) is 0 Å². The molecule has 2 aromatic rings. The fraction of sp³-hybridized carbons (Fsp3) is 0.478. The van der Waals surface area contributed by atoms with Gasteiger partial charge in [0.2, 0.25) is 0 Å². The second-order valence-electron chi connectivity index (χ2n) is 8.46. The monoisotopic (exact) mass is 583 g/mol. The third kappa shape index (κ3) is 8.12. The van der Waals surface area contributed by atoms with E-state index in [-0.39, 0.29) is 19.0 Å². The molecular formula is C23H23F6N3O6S. The number of nitrogens with zero attached hydrogens (tertiary/aromatic N) is 3. The van der Waals surface area contributed by atoms with E-state index in [0.717, 1.165) is 15.6 Å². The predicted octanol–water partition coefficient (Wildman–Crippen LogP) is 3.86. The van der Waals surface area contributed by atoms with Gasteiger partial charge in [-0.05, 0) is 12.8 Å². The molecule has 2 aliphatic heterocycles. The number of carbonyl (C=O) groups is 3. The lowest BCUT2D eigenvalue weighted by Gasteiger charge is -2.46. The van der Waals surface area contributed by atoms with E-state index in [2.05, 4.69) is 14.6 Å². The number of piperidine rings is 1. The van der Waals surface area contributed by atoms with Gasteiger partial charge in [-0.2, -0.15) is 26.3 Å². The first-order valence-corrected chi connectivity index (χ1v) is 12.3. The average molecular weight is 584 g/mol. The average Bonchev–Trinajstić information content (AvgIpc) is 3.39. The molecule has 1 amide bonds. The summed E-state index contributed by atoms with van der Waals surface area (Å²) in [5.74, 6) is -4.60. The third-order valence-electron chi connectivity index (χ3n) is 5.77. The number of hydrogen-bond acceptors (Lipinski definition) is 9. The summed E-state index contributed by atoms with van der Waals surface area (Å²) in [4.78, 5) is 44.1. The van der Waals surface area contributed by atoms with E-state index < -0.39 is 29.9 Å². The van der Waals surface area contributed by atoms with Gasteiger partial charge in [0.15, 0.2) is 0 Å². The predicted molar refractivity (Wildman–Crippen MR) is 123 cm³/mol. The molecule has 16 heteroatoms. The highest BCUT2D eigenvalue weighted by Gasteiger charge is 2.46. The lowest BCUT2D eigenvalue weighted by molar-refractivity contribution is -0.250. The number of rotatable bonds is 3. The highest BCUT2D eigenvalue weighted by Crippen LogP contribution is 2.32. The number of thiazole rings is 1. The Bertz CT molecular complexity index is 1150. The summed E-state index contributed by atoms with van der Waals surface area (Å²) in [7, 11) is 0.676. The Morgan fingerprint density at radius 1 is 0.974 bits per heavy atom. The smallest absolute Gasteiger partial charge is 0.462 e. The van der Waals surface area contributed by atoms with Crippen LogP contribution in [0.1, 0.15) is 23.3 Å². The van der Waals surface area contributed by atoms with Gasteiger partial charge in [-0.3, -0.25) is 4.79 Å². The number of halogens is 6. The van der Waals surface area contributed by atoms with Crippen LogP contribution >= 0.6 is 11.3 Å². The number of hydrogen-bond donors (Lipinski definition) is 0. The summed E-state index contributed by atoms with van der Waals surface area (Å²) in [6.07, 6.45) is -9.21. The summed E-state index contributed by atoms with van der Waals surface area (Å²) in [5, 5.41) is 3.48. The number of esters is 1. The Balaban J connectivity index is 0.000000459. The lowest BCUT2D eigenvalue weighted by Crippen LogP contribution is -2.58. The molecule has 0 atom stereocenters. The van der Waals surface area contributed by atoms with Crippen LogP contribution in [-0.2, 0) is 23.9 Å². The summed E-state index contributed by atoms with van der Waals surface area (Å²) in [5.41, 5.74) is 0.621. The zero-order chi connectivity index (χ0) is 28.8. The van der Waals surface area contributed by atoms with Gasteiger partial charge < -0.3 is 19.2 Å². The number of ether oxygens (including phenoxy) is 2. The van der Waals surface area contributed by atoms with Gasteiger partial charge in [-0.25, -0.2) is 14.6 Å². The summed E-state index contributed by atoms with van der Waals surface area (Å²) in [6.45, 7) is 1.23. The van der Waals surface area contributed by atoms with Crippen LogP contribution in [-0.4, -0.2) is 90.6 Å². The van der Waals surface area contributed by atoms with Gasteiger partial charge in [-0.1, -0.05) is 30.3 Å². The van der Waals surface area contributed by atoms with Crippen molar-refractivity contribution in [1.29, 1.82) is 0 Å². The summed E-state index contributed by atoms with van der Waals surface area (Å²) < 4.78 is 79.4. The summed E-state index contributed by atoms with van der Waals surface area (Å²) in [6, 6.07) is 9.57. The fourth-order valence-corrected chi connectivity index (χ4v) is 4.64. The number of carbonyl (C=O) groups excluding carboxylic acids is 3. The van der Waals surface area contributed by atoms with Crippen molar-refractivity contribution < 1.29 is 55.0 Å². The molecule has 2 saturated heterocycles. The van der Waals surface area contributed by atoms with Crippen LogP contribution < -0.4 is 0 Å². The van der Waals surface area contributed by atoms with Crippen molar-refractivity contribution >= 4 is 29.2 Å². The van der Waals surface area contributed by atoms with Crippen LogP contribution in [0.4, 0.5) is 26.3 Å². The molecule has 9 nitrogen and oxygen atoms in total. The second-order valence-corrected chi connectivity index (χ2v) is 9.32. The quantitative estimate of drug-likeness (QED) is 0.397. The van der Waals surface area contributed by atoms with Crippen molar-refractivity contribution in [2.45, 2.75) is 30.8 Å². The number of benzene rings is 1. The minimum atomic E-state index is -5.04. The number of amides is 1. The van der Waals surface area contributed by atoms with Crippen LogP contribution in [0.15, 0.2) is 35.7 Å². The molecule has 0 unspecified atom stereocenters. The Hall–Kier alpha value is -3.24. The van der Waals surface area contributed by atoms with E-state index >= 15 is 0 Å². The van der Waals surface area contributed by atoms with Crippen LogP contribution in [0, 0.1) is 0 Å². The standard InChI is InChI=1S/C20H20F3N3O4S.C3H3F3O2/c21-20(22,23)18(28)30-26-8-6-19(7-9-26)13-25(10-11-29-19)17(27)15-12-31-16(24-15)14-4-2-1-3-5-14;1-8-2(7)3(4,5)6/h1-5,12H,6-11,13H2;1H3. The maximum atomic E-state index is 13.0. The normalized spacial score (nSPS) is 17.7. The van der Waals surface area contributed by atoms with Crippen molar-refractivity contribution in [3.8, 4) is 10.6 Å². The first-order valence-electron chi connectivity index (χ1n) is 11.4. The molecule has 0 bridgehead atoms. The maximum absolute atomic E-state index is 13.0. The molecule has 2 fully saturated rings. The van der Waals surface area contributed by atoms with Crippen LogP contribution in [0.25, 0.3) is 10.6 Å². The van der Waals surface area contributed by atoms with Gasteiger partial charge in [0.05, 0.1) is 25.9 Å². The molecule has 3 heterocycles. The molecule has 0 saturated carbocycles. The Labute approximate surface area is 222 Å². The molecule has 4 rings (SSSR count). The van der Waals surface area contributed by atoms with E-state index in [9.17, 15) is 40.7 Å². The highest BCUT2D eigenvalue weighted by atomic mass is 32.1. The minimum Gasteiger partial charge on any atom is -0.462 e. The maximum Gasteiger partial charge on any atom is 0.492 e. The topological polar surface area (TPSA) is 98.3 Å². The van der Waals surface area contributed by atoms with Crippen molar-refractivity contribution in [2.75, 3.05) is 39.9 Å². The molecule has 0 aliphatic carbocycles. The Kier molecular flexibility index (Phi) is 9.55. The van der Waals surface area contributed by atoms with Crippen molar-refractivity contribution in [3.63, 3.8) is 0 Å². The van der Waals surface area contributed by atoms with E-state index in [1.54, 1.807) is 10.3 Å². The first kappa shape index (κ1) is 30.3. The fourth-order valence-electron chi connectivity index (χ4n) is 3.84. The van der Waals surface area contributed by atoms with E-state index in [0.29, 0.717) is 45.3 Å². The van der Waals surface area contributed by atoms with Gasteiger partial charge in [-0.15, -0.1) is 16.4 Å². The van der Waals surface area contributed by atoms with E-state index in [1.807, 2.05) is 30.3 Å². The van der Waals surface area contributed by atoms with Crippen LogP contribution in [0.3, 0.4) is 0 Å². The minimum absolute atomic E-state index is 0.0959. The zero-order valence-electron chi connectivity index (χ0n) is 20.4. The van der Waals surface area contributed by atoms with Gasteiger partial charge >= 0.3 is 24.3 Å². The number of methoxy groups -OCH3 is 1. The largest absolute Gasteiger partial charge is 0.492 e. The number of alkyl halides is 6. The third-order valence-corrected chi connectivity index (χ3v) is 6.67. The molecule has 1 spiro atoms. The molecular weight excluding hydrogens is 560 g/mol. The second kappa shape index (κ2) is 12.3. The van der Waals surface area contributed by atoms with Gasteiger partial charge in [0.1, 0.15) is 10.7 Å². The first-order chi connectivity index (χ1) is 18.2. The molecule has 2 aliphatic rings.